The van der Waals surface area contributed by atoms with Gasteiger partial charge in [-0.2, -0.15) is 0 Å². The molecule has 0 saturated carbocycles. The molecule has 0 saturated heterocycles. The largest absolute Gasteiger partial charge is 0.331 e. The molecule has 1 heterocycles. The van der Waals surface area contributed by atoms with Gasteiger partial charge in [-0.3, -0.25) is 0 Å². The molecule has 0 unspecified atom stereocenters. The fourth-order valence-corrected chi connectivity index (χ4v) is 1.76. The molecule has 1 aromatic carbocycles. The maximum absolute atomic E-state index is 5.99. The SMILES string of the molecule is Cn1c(=S)[nH]c2cccc(Cl)c21. The van der Waals surface area contributed by atoms with E-state index in [4.69, 9.17) is 23.8 Å². The number of hydrogen-bond acceptors (Lipinski definition) is 1. The first-order valence-corrected chi connectivity index (χ1v) is 4.32. The van der Waals surface area contributed by atoms with Crippen molar-refractivity contribution in [3.8, 4) is 0 Å². The number of fused-ring (bicyclic) bond motifs is 1. The summed E-state index contributed by atoms with van der Waals surface area (Å²) in [4.78, 5) is 3.06. The van der Waals surface area contributed by atoms with Crippen molar-refractivity contribution < 1.29 is 0 Å². The van der Waals surface area contributed by atoms with Gasteiger partial charge < -0.3 is 9.55 Å². The van der Waals surface area contributed by atoms with E-state index < -0.39 is 0 Å². The normalized spacial score (nSPS) is 10.8. The number of rotatable bonds is 0. The van der Waals surface area contributed by atoms with Gasteiger partial charge in [0.1, 0.15) is 0 Å². The maximum Gasteiger partial charge on any atom is 0.177 e. The summed E-state index contributed by atoms with van der Waals surface area (Å²) in [5, 5.41) is 0.724. The molecule has 4 heteroatoms. The Morgan fingerprint density at radius 3 is 2.92 bits per heavy atom. The van der Waals surface area contributed by atoms with Crippen LogP contribution in [0.15, 0.2) is 18.2 Å². The molecule has 0 bridgehead atoms. The average molecular weight is 199 g/mol. The standard InChI is InChI=1S/C8H7ClN2S/c1-11-7-5(9)3-2-4-6(7)10-8(11)12/h2-4H,1H3,(H,10,12). The molecule has 0 amide bonds. The first kappa shape index (κ1) is 7.83. The number of aryl methyl sites for hydroxylation is 1. The van der Waals surface area contributed by atoms with E-state index in [1.807, 2.05) is 29.8 Å². The molecule has 1 N–H and O–H groups in total. The number of H-pyrrole nitrogens is 1. The van der Waals surface area contributed by atoms with Gasteiger partial charge in [-0.25, -0.2) is 0 Å². The van der Waals surface area contributed by atoms with Crippen LogP contribution in [0.3, 0.4) is 0 Å². The van der Waals surface area contributed by atoms with Crippen molar-refractivity contribution in [2.45, 2.75) is 0 Å². The van der Waals surface area contributed by atoms with E-state index in [1.165, 1.54) is 0 Å². The number of imidazole rings is 1. The van der Waals surface area contributed by atoms with Gasteiger partial charge in [0.25, 0.3) is 0 Å². The predicted octanol–water partition coefficient (Wildman–Crippen LogP) is 2.89. The van der Waals surface area contributed by atoms with E-state index in [1.54, 1.807) is 0 Å². The molecule has 0 spiro atoms. The van der Waals surface area contributed by atoms with Crippen LogP contribution < -0.4 is 0 Å². The van der Waals surface area contributed by atoms with Crippen LogP contribution in [0.25, 0.3) is 11.0 Å². The molecule has 1 aromatic heterocycles. The Morgan fingerprint density at radius 1 is 1.50 bits per heavy atom. The lowest BCUT2D eigenvalue weighted by Crippen LogP contribution is -1.86. The van der Waals surface area contributed by atoms with E-state index in [2.05, 4.69) is 4.98 Å². The highest BCUT2D eigenvalue weighted by Gasteiger charge is 2.03. The van der Waals surface area contributed by atoms with Crippen molar-refractivity contribution in [1.82, 2.24) is 9.55 Å². The highest BCUT2D eigenvalue weighted by molar-refractivity contribution is 7.71. The molecule has 0 aliphatic carbocycles. The third kappa shape index (κ3) is 0.974. The number of hydrogen-bond donors (Lipinski definition) is 1. The van der Waals surface area contributed by atoms with Gasteiger partial charge in [-0.15, -0.1) is 0 Å². The lowest BCUT2D eigenvalue weighted by molar-refractivity contribution is 0.927. The number of halogens is 1. The number of aromatic nitrogens is 2. The molecule has 0 fully saturated rings. The van der Waals surface area contributed by atoms with Gasteiger partial charge in [0.15, 0.2) is 4.77 Å². The molecule has 0 aliphatic rings. The minimum atomic E-state index is 0.693. The molecule has 12 heavy (non-hydrogen) atoms. The maximum atomic E-state index is 5.99. The summed E-state index contributed by atoms with van der Waals surface area (Å²) in [6, 6.07) is 5.71. The van der Waals surface area contributed by atoms with Crippen molar-refractivity contribution in [1.29, 1.82) is 0 Å². The minimum absolute atomic E-state index is 0.693. The Morgan fingerprint density at radius 2 is 2.25 bits per heavy atom. The zero-order valence-electron chi connectivity index (χ0n) is 6.47. The van der Waals surface area contributed by atoms with Crippen LogP contribution in [0.2, 0.25) is 5.02 Å². The minimum Gasteiger partial charge on any atom is -0.331 e. The van der Waals surface area contributed by atoms with Crippen LogP contribution in [0.5, 0.6) is 0 Å². The molecule has 2 rings (SSSR count). The quantitative estimate of drug-likeness (QED) is 0.646. The topological polar surface area (TPSA) is 20.7 Å². The van der Waals surface area contributed by atoms with E-state index in [9.17, 15) is 0 Å². The highest BCUT2D eigenvalue weighted by Crippen LogP contribution is 2.21. The first-order valence-electron chi connectivity index (χ1n) is 3.53. The Kier molecular flexibility index (Phi) is 1.70. The molecular weight excluding hydrogens is 192 g/mol. The number of benzene rings is 1. The lowest BCUT2D eigenvalue weighted by Gasteiger charge is -1.95. The fraction of sp³-hybridized carbons (Fsp3) is 0.125. The van der Waals surface area contributed by atoms with Crippen LogP contribution in [-0.2, 0) is 7.05 Å². The molecule has 0 aliphatic heterocycles. The highest BCUT2D eigenvalue weighted by atomic mass is 35.5. The second-order valence-electron chi connectivity index (χ2n) is 2.63. The average Bonchev–Trinajstić information content (AvgIpc) is 2.29. The Hall–Kier alpha value is -0.800. The van der Waals surface area contributed by atoms with Gasteiger partial charge in [0, 0.05) is 7.05 Å². The number of para-hydroxylation sites is 1. The van der Waals surface area contributed by atoms with Crippen molar-refractivity contribution in [2.24, 2.45) is 7.05 Å². The number of nitrogens with one attached hydrogen (secondary N) is 1. The van der Waals surface area contributed by atoms with E-state index in [0.717, 1.165) is 16.1 Å². The summed E-state index contributed by atoms with van der Waals surface area (Å²) in [5.74, 6) is 0. The van der Waals surface area contributed by atoms with Gasteiger partial charge in [-0.05, 0) is 24.4 Å². The van der Waals surface area contributed by atoms with Crippen LogP contribution in [0, 0.1) is 4.77 Å². The molecule has 0 atom stereocenters. The van der Waals surface area contributed by atoms with E-state index in [-0.39, 0.29) is 0 Å². The monoisotopic (exact) mass is 198 g/mol. The van der Waals surface area contributed by atoms with Crippen LogP contribution >= 0.6 is 23.8 Å². The number of aromatic amines is 1. The first-order chi connectivity index (χ1) is 5.70. The molecule has 62 valence electrons. The second kappa shape index (κ2) is 2.61. The van der Waals surface area contributed by atoms with E-state index >= 15 is 0 Å². The third-order valence-corrected chi connectivity index (χ3v) is 2.55. The summed E-state index contributed by atoms with van der Waals surface area (Å²) in [6.07, 6.45) is 0. The Labute approximate surface area is 79.8 Å². The third-order valence-electron chi connectivity index (χ3n) is 1.87. The van der Waals surface area contributed by atoms with Gasteiger partial charge in [0.05, 0.1) is 16.1 Å². The smallest absolute Gasteiger partial charge is 0.177 e. The Balaban J connectivity index is 3.07. The van der Waals surface area contributed by atoms with Gasteiger partial charge >= 0.3 is 0 Å². The zero-order chi connectivity index (χ0) is 8.72. The zero-order valence-corrected chi connectivity index (χ0v) is 8.04. The van der Waals surface area contributed by atoms with E-state index in [0.29, 0.717) is 4.77 Å². The summed E-state index contributed by atoms with van der Waals surface area (Å²) in [5.41, 5.74) is 1.94. The summed E-state index contributed by atoms with van der Waals surface area (Å²) in [6.45, 7) is 0. The summed E-state index contributed by atoms with van der Waals surface area (Å²) < 4.78 is 2.56. The molecule has 2 nitrogen and oxygen atoms in total. The van der Waals surface area contributed by atoms with Gasteiger partial charge in [-0.1, -0.05) is 17.7 Å². The van der Waals surface area contributed by atoms with Crippen molar-refractivity contribution in [3.05, 3.63) is 28.0 Å². The predicted molar refractivity (Wildman–Crippen MR) is 53.1 cm³/mol. The van der Waals surface area contributed by atoms with Crippen molar-refractivity contribution >= 4 is 34.9 Å². The summed E-state index contributed by atoms with van der Waals surface area (Å²) in [7, 11) is 1.90. The fourth-order valence-electron chi connectivity index (χ4n) is 1.26. The molecule has 2 aromatic rings. The van der Waals surface area contributed by atoms with Gasteiger partial charge in [0.2, 0.25) is 0 Å². The Bertz CT molecular complexity index is 483. The number of nitrogens with zero attached hydrogens (tertiary/aromatic N) is 1. The van der Waals surface area contributed by atoms with Crippen LogP contribution in [-0.4, -0.2) is 9.55 Å². The van der Waals surface area contributed by atoms with Crippen LogP contribution in [0.1, 0.15) is 0 Å². The van der Waals surface area contributed by atoms with Crippen molar-refractivity contribution in [2.75, 3.05) is 0 Å². The van der Waals surface area contributed by atoms with Crippen molar-refractivity contribution in [3.63, 3.8) is 0 Å². The second-order valence-corrected chi connectivity index (χ2v) is 3.42. The summed E-state index contributed by atoms with van der Waals surface area (Å²) >= 11 is 11.1. The van der Waals surface area contributed by atoms with Crippen LogP contribution in [0.4, 0.5) is 0 Å². The lowest BCUT2D eigenvalue weighted by atomic mass is 10.3. The molecular formula is C8H7ClN2S. The molecule has 0 radical (unpaired) electrons.